The monoisotopic (exact) mass is 435 g/mol. The number of nitrogens with one attached hydrogen (secondary N) is 1. The maximum atomic E-state index is 13.2. The third-order valence-electron chi connectivity index (χ3n) is 4.98. The number of anilines is 1. The Balaban J connectivity index is 1.48. The molecule has 4 aromatic rings. The van der Waals surface area contributed by atoms with Crippen LogP contribution in [0, 0.1) is 5.82 Å². The van der Waals surface area contributed by atoms with Crippen molar-refractivity contribution >= 4 is 28.1 Å². The Morgan fingerprint density at radius 1 is 0.871 bits per heavy atom. The van der Waals surface area contributed by atoms with Crippen molar-refractivity contribution in [3.8, 4) is 11.5 Å². The topological polar surface area (TPSA) is 30.5 Å². The molecule has 31 heavy (non-hydrogen) atoms. The molecule has 4 rings (SSSR count). The van der Waals surface area contributed by atoms with E-state index >= 15 is 0 Å². The molecule has 0 aromatic heterocycles. The lowest BCUT2D eigenvalue weighted by molar-refractivity contribution is 0.269. The summed E-state index contributed by atoms with van der Waals surface area (Å²) in [6.45, 7) is 3.33. The van der Waals surface area contributed by atoms with E-state index in [1.807, 2.05) is 43.3 Å². The van der Waals surface area contributed by atoms with E-state index < -0.39 is 0 Å². The third-order valence-corrected chi connectivity index (χ3v) is 5.33. The number of hydrogen-bond donors (Lipinski definition) is 1. The fourth-order valence-electron chi connectivity index (χ4n) is 3.42. The van der Waals surface area contributed by atoms with Gasteiger partial charge in [-0.05, 0) is 48.2 Å². The van der Waals surface area contributed by atoms with Gasteiger partial charge >= 0.3 is 0 Å². The lowest BCUT2D eigenvalue weighted by Crippen LogP contribution is -2.03. The van der Waals surface area contributed by atoms with E-state index in [-0.39, 0.29) is 12.4 Å². The lowest BCUT2D eigenvalue weighted by Gasteiger charge is -2.15. The zero-order chi connectivity index (χ0) is 21.6. The highest BCUT2D eigenvalue weighted by Crippen LogP contribution is 2.31. The molecule has 0 radical (unpaired) electrons. The van der Waals surface area contributed by atoms with Gasteiger partial charge in [-0.1, -0.05) is 60.1 Å². The molecule has 0 bridgehead atoms. The van der Waals surface area contributed by atoms with Crippen LogP contribution in [0.25, 0.3) is 10.8 Å². The Hall–Kier alpha value is -3.24. The highest BCUT2D eigenvalue weighted by atomic mass is 35.5. The minimum Gasteiger partial charge on any atom is -0.490 e. The fraction of sp³-hybridized carbons (Fsp3) is 0.154. The van der Waals surface area contributed by atoms with E-state index in [0.717, 1.165) is 11.3 Å². The van der Waals surface area contributed by atoms with Crippen LogP contribution in [-0.2, 0) is 13.2 Å². The molecule has 3 nitrogen and oxygen atoms in total. The van der Waals surface area contributed by atoms with Crippen LogP contribution in [0.5, 0.6) is 11.5 Å². The standard InChI is InChI=1S/C26H23ClFNO2/c1-2-30-26-14-18(16-29-24-9-5-7-19-6-3-4-8-22(19)24)10-13-25(26)31-17-20-11-12-21(28)15-23(20)27/h3-15,29H,2,16-17H2,1H3. The van der Waals surface area contributed by atoms with Gasteiger partial charge < -0.3 is 14.8 Å². The summed E-state index contributed by atoms with van der Waals surface area (Å²) in [5, 5.41) is 6.24. The molecule has 0 aliphatic heterocycles. The van der Waals surface area contributed by atoms with Crippen molar-refractivity contribution in [3.63, 3.8) is 0 Å². The van der Waals surface area contributed by atoms with Crippen LogP contribution in [0.2, 0.25) is 5.02 Å². The molecule has 158 valence electrons. The van der Waals surface area contributed by atoms with Gasteiger partial charge in [0.2, 0.25) is 0 Å². The van der Waals surface area contributed by atoms with E-state index in [4.69, 9.17) is 21.1 Å². The molecule has 0 atom stereocenters. The molecular formula is C26H23ClFNO2. The summed E-state index contributed by atoms with van der Waals surface area (Å²) in [6.07, 6.45) is 0. The first-order chi connectivity index (χ1) is 15.1. The summed E-state index contributed by atoms with van der Waals surface area (Å²) in [5.41, 5.74) is 2.87. The number of fused-ring (bicyclic) bond motifs is 1. The second kappa shape index (κ2) is 9.71. The Bertz CT molecular complexity index is 1190. The summed E-state index contributed by atoms with van der Waals surface area (Å²) < 4.78 is 25.0. The molecule has 0 amide bonds. The molecule has 0 saturated heterocycles. The zero-order valence-electron chi connectivity index (χ0n) is 17.2. The second-order valence-corrected chi connectivity index (χ2v) is 7.53. The minimum absolute atomic E-state index is 0.229. The van der Waals surface area contributed by atoms with Crippen LogP contribution < -0.4 is 14.8 Å². The van der Waals surface area contributed by atoms with Crippen LogP contribution >= 0.6 is 11.6 Å². The normalized spacial score (nSPS) is 10.8. The smallest absolute Gasteiger partial charge is 0.161 e. The average molecular weight is 436 g/mol. The number of ether oxygens (including phenoxy) is 2. The zero-order valence-corrected chi connectivity index (χ0v) is 18.0. The molecule has 0 aliphatic rings. The van der Waals surface area contributed by atoms with Gasteiger partial charge in [0, 0.05) is 23.2 Å². The van der Waals surface area contributed by atoms with Gasteiger partial charge in [0.1, 0.15) is 12.4 Å². The number of halogens is 2. The van der Waals surface area contributed by atoms with Crippen LogP contribution in [0.4, 0.5) is 10.1 Å². The van der Waals surface area contributed by atoms with Crippen molar-refractivity contribution < 1.29 is 13.9 Å². The van der Waals surface area contributed by atoms with E-state index in [9.17, 15) is 4.39 Å². The van der Waals surface area contributed by atoms with Gasteiger partial charge in [0.25, 0.3) is 0 Å². The quantitative estimate of drug-likeness (QED) is 0.317. The molecule has 0 saturated carbocycles. The van der Waals surface area contributed by atoms with Crippen LogP contribution in [-0.4, -0.2) is 6.61 Å². The van der Waals surface area contributed by atoms with Crippen molar-refractivity contribution in [3.05, 3.63) is 101 Å². The molecule has 5 heteroatoms. The Labute approximate surface area is 186 Å². The van der Waals surface area contributed by atoms with Crippen molar-refractivity contribution in [1.29, 1.82) is 0 Å². The fourth-order valence-corrected chi connectivity index (χ4v) is 3.64. The second-order valence-electron chi connectivity index (χ2n) is 7.12. The first-order valence-electron chi connectivity index (χ1n) is 10.2. The predicted octanol–water partition coefficient (Wildman–Crippen LogP) is 7.22. The number of rotatable bonds is 8. The number of benzene rings is 4. The minimum atomic E-state index is -0.369. The molecule has 0 unspecified atom stereocenters. The molecule has 0 fully saturated rings. The van der Waals surface area contributed by atoms with Gasteiger partial charge in [0.15, 0.2) is 11.5 Å². The summed E-state index contributed by atoms with van der Waals surface area (Å²) in [6, 6.07) is 24.7. The average Bonchev–Trinajstić information content (AvgIpc) is 2.78. The largest absolute Gasteiger partial charge is 0.490 e. The third kappa shape index (κ3) is 5.09. The summed E-state index contributed by atoms with van der Waals surface area (Å²) >= 11 is 6.10. The van der Waals surface area contributed by atoms with E-state index in [1.54, 1.807) is 6.07 Å². The first kappa shape index (κ1) is 21.0. The van der Waals surface area contributed by atoms with Crippen LogP contribution in [0.15, 0.2) is 78.9 Å². The summed E-state index contributed by atoms with van der Waals surface area (Å²) in [7, 11) is 0. The van der Waals surface area contributed by atoms with Gasteiger partial charge in [0.05, 0.1) is 11.6 Å². The predicted molar refractivity (Wildman–Crippen MR) is 125 cm³/mol. The lowest BCUT2D eigenvalue weighted by atomic mass is 10.1. The Morgan fingerprint density at radius 2 is 1.71 bits per heavy atom. The summed E-state index contributed by atoms with van der Waals surface area (Å²) in [5.74, 6) is 0.918. The maximum absolute atomic E-state index is 13.2. The van der Waals surface area contributed by atoms with Gasteiger partial charge in [-0.2, -0.15) is 0 Å². The van der Waals surface area contributed by atoms with Crippen molar-refractivity contribution in [2.75, 3.05) is 11.9 Å². The summed E-state index contributed by atoms with van der Waals surface area (Å²) in [4.78, 5) is 0. The highest BCUT2D eigenvalue weighted by Gasteiger charge is 2.10. The highest BCUT2D eigenvalue weighted by molar-refractivity contribution is 6.31. The van der Waals surface area contributed by atoms with E-state index in [2.05, 4.69) is 29.6 Å². The van der Waals surface area contributed by atoms with Crippen LogP contribution in [0.1, 0.15) is 18.1 Å². The maximum Gasteiger partial charge on any atom is 0.161 e. The van der Waals surface area contributed by atoms with Gasteiger partial charge in [-0.3, -0.25) is 0 Å². The Morgan fingerprint density at radius 3 is 2.55 bits per heavy atom. The van der Waals surface area contributed by atoms with E-state index in [1.165, 1.54) is 22.9 Å². The SMILES string of the molecule is CCOc1cc(CNc2cccc3ccccc23)ccc1OCc1ccc(F)cc1Cl. The molecule has 0 aliphatic carbocycles. The molecular weight excluding hydrogens is 413 g/mol. The van der Waals surface area contributed by atoms with Gasteiger partial charge in [-0.25, -0.2) is 4.39 Å². The number of hydrogen-bond acceptors (Lipinski definition) is 3. The first-order valence-corrected chi connectivity index (χ1v) is 10.6. The van der Waals surface area contributed by atoms with Crippen molar-refractivity contribution in [2.24, 2.45) is 0 Å². The molecule has 4 aromatic carbocycles. The van der Waals surface area contributed by atoms with E-state index in [0.29, 0.717) is 35.2 Å². The molecule has 1 N–H and O–H groups in total. The van der Waals surface area contributed by atoms with Crippen LogP contribution in [0.3, 0.4) is 0 Å². The van der Waals surface area contributed by atoms with Gasteiger partial charge in [-0.15, -0.1) is 0 Å². The van der Waals surface area contributed by atoms with Crippen molar-refractivity contribution in [1.82, 2.24) is 0 Å². The Kier molecular flexibility index (Phi) is 6.58. The molecule has 0 spiro atoms. The van der Waals surface area contributed by atoms with Crippen molar-refractivity contribution in [2.45, 2.75) is 20.1 Å². The molecule has 0 heterocycles.